The number of pyridine rings is 1. The third-order valence-electron chi connectivity index (χ3n) is 10.2. The van der Waals surface area contributed by atoms with E-state index in [-0.39, 0.29) is 46.6 Å². The van der Waals surface area contributed by atoms with E-state index in [2.05, 4.69) is 24.8 Å². The summed E-state index contributed by atoms with van der Waals surface area (Å²) in [6.45, 7) is 8.19. The van der Waals surface area contributed by atoms with Gasteiger partial charge in [-0.3, -0.25) is 9.59 Å². The van der Waals surface area contributed by atoms with Gasteiger partial charge in [-0.15, -0.1) is 0 Å². The summed E-state index contributed by atoms with van der Waals surface area (Å²) in [5, 5.41) is 0. The van der Waals surface area contributed by atoms with E-state index < -0.39 is 0 Å². The molecule has 3 unspecified atom stereocenters. The predicted octanol–water partition coefficient (Wildman–Crippen LogP) is 2.79. The fourth-order valence-corrected chi connectivity index (χ4v) is 8.87. The molecule has 5 heterocycles. The van der Waals surface area contributed by atoms with Gasteiger partial charge < -0.3 is 18.9 Å². The molecule has 5 fully saturated rings. The van der Waals surface area contributed by atoms with Crippen LogP contribution in [0, 0.1) is 29.1 Å². The predicted molar refractivity (Wildman–Crippen MR) is 118 cm³/mol. The topological polar surface area (TPSA) is 64.1 Å². The lowest BCUT2D eigenvalue weighted by molar-refractivity contribution is -0.146. The van der Waals surface area contributed by atoms with Crippen molar-refractivity contribution in [1.82, 2.24) is 9.47 Å². The summed E-state index contributed by atoms with van der Waals surface area (Å²) in [6.07, 6.45) is 5.98. The summed E-state index contributed by atoms with van der Waals surface area (Å²) < 4.78 is 14.6. The second-order valence-electron chi connectivity index (χ2n) is 12.0. The van der Waals surface area contributed by atoms with E-state index in [0.29, 0.717) is 17.8 Å². The SMILES string of the molecule is C[C@H]1CCC[C@]2(C)C[C@H]3OC(=O)C(CN4C[C@H]5C[C@@H](C4)c4cccc(=O)n4C5)[C@H]3C3OC312. The van der Waals surface area contributed by atoms with Gasteiger partial charge in [0.15, 0.2) is 0 Å². The Balaban J connectivity index is 1.14. The first kappa shape index (κ1) is 19.8. The molecule has 1 spiro atoms. The summed E-state index contributed by atoms with van der Waals surface area (Å²) in [4.78, 5) is 27.9. The molecule has 1 aromatic rings. The van der Waals surface area contributed by atoms with Crippen LogP contribution in [0.4, 0.5) is 0 Å². The van der Waals surface area contributed by atoms with Crippen LogP contribution in [-0.4, -0.2) is 52.9 Å². The highest BCUT2D eigenvalue weighted by Crippen LogP contribution is 2.70. The molecular formula is C26H34N2O4. The zero-order valence-electron chi connectivity index (χ0n) is 19.2. The molecule has 2 saturated carbocycles. The fraction of sp³-hybridized carbons (Fsp3) is 0.769. The quantitative estimate of drug-likeness (QED) is 0.525. The van der Waals surface area contributed by atoms with Gasteiger partial charge >= 0.3 is 5.97 Å². The maximum Gasteiger partial charge on any atom is 0.311 e. The van der Waals surface area contributed by atoms with Gasteiger partial charge in [-0.1, -0.05) is 26.3 Å². The van der Waals surface area contributed by atoms with E-state index in [1.54, 1.807) is 6.07 Å². The second-order valence-corrected chi connectivity index (χ2v) is 12.0. The highest BCUT2D eigenvalue weighted by molar-refractivity contribution is 5.76. The van der Waals surface area contributed by atoms with Gasteiger partial charge in [-0.05, 0) is 43.6 Å². The summed E-state index contributed by atoms with van der Waals surface area (Å²) in [5.74, 6) is 1.53. The van der Waals surface area contributed by atoms with E-state index in [0.717, 1.165) is 39.0 Å². The molecular weight excluding hydrogens is 404 g/mol. The first-order valence-corrected chi connectivity index (χ1v) is 12.7. The number of fused-ring (bicyclic) bond motifs is 6. The zero-order chi connectivity index (χ0) is 21.8. The fourth-order valence-electron chi connectivity index (χ4n) is 8.87. The van der Waals surface area contributed by atoms with Gasteiger partial charge in [0.1, 0.15) is 11.7 Å². The third kappa shape index (κ3) is 2.48. The molecule has 6 aliphatic rings. The van der Waals surface area contributed by atoms with Crippen molar-refractivity contribution in [3.8, 4) is 0 Å². The van der Waals surface area contributed by atoms with Gasteiger partial charge in [-0.2, -0.15) is 0 Å². The van der Waals surface area contributed by atoms with Crippen molar-refractivity contribution in [3.63, 3.8) is 0 Å². The number of aromatic nitrogens is 1. The Labute approximate surface area is 189 Å². The second kappa shape index (κ2) is 6.47. The van der Waals surface area contributed by atoms with Crippen LogP contribution in [0.1, 0.15) is 57.6 Å². The van der Waals surface area contributed by atoms with E-state index in [1.807, 2.05) is 10.6 Å². The largest absolute Gasteiger partial charge is 0.462 e. The highest BCUT2D eigenvalue weighted by Gasteiger charge is 2.78. The average Bonchev–Trinajstić information content (AvgIpc) is 3.43. The van der Waals surface area contributed by atoms with Gasteiger partial charge in [0.25, 0.3) is 5.56 Å². The molecule has 4 aliphatic heterocycles. The smallest absolute Gasteiger partial charge is 0.311 e. The van der Waals surface area contributed by atoms with Crippen LogP contribution in [0.2, 0.25) is 0 Å². The number of hydrogen-bond donors (Lipinski definition) is 0. The van der Waals surface area contributed by atoms with Crippen molar-refractivity contribution in [2.45, 2.75) is 76.2 Å². The van der Waals surface area contributed by atoms with Crippen LogP contribution in [-0.2, 0) is 20.8 Å². The van der Waals surface area contributed by atoms with Gasteiger partial charge in [0.2, 0.25) is 0 Å². The zero-order valence-corrected chi connectivity index (χ0v) is 19.2. The van der Waals surface area contributed by atoms with Crippen molar-refractivity contribution in [1.29, 1.82) is 0 Å². The maximum atomic E-state index is 13.1. The Morgan fingerprint density at radius 3 is 2.94 bits per heavy atom. The van der Waals surface area contributed by atoms with Crippen molar-refractivity contribution >= 4 is 5.97 Å². The lowest BCUT2D eigenvalue weighted by atomic mass is 9.53. The first-order chi connectivity index (χ1) is 15.4. The monoisotopic (exact) mass is 438 g/mol. The summed E-state index contributed by atoms with van der Waals surface area (Å²) in [5.41, 5.74) is 1.40. The van der Waals surface area contributed by atoms with E-state index >= 15 is 0 Å². The summed E-state index contributed by atoms with van der Waals surface area (Å²) in [7, 11) is 0. The third-order valence-corrected chi connectivity index (χ3v) is 10.2. The minimum absolute atomic E-state index is 0.00657. The Morgan fingerprint density at radius 1 is 1.19 bits per heavy atom. The van der Waals surface area contributed by atoms with Crippen LogP contribution < -0.4 is 5.56 Å². The molecule has 0 aromatic carbocycles. The highest BCUT2D eigenvalue weighted by atomic mass is 16.6. The van der Waals surface area contributed by atoms with Gasteiger partial charge in [0.05, 0.1) is 12.0 Å². The van der Waals surface area contributed by atoms with E-state index in [9.17, 15) is 9.59 Å². The Kier molecular flexibility index (Phi) is 4.00. The molecule has 0 radical (unpaired) electrons. The molecule has 1 aromatic heterocycles. The maximum absolute atomic E-state index is 13.1. The van der Waals surface area contributed by atoms with Crippen molar-refractivity contribution in [2.24, 2.45) is 29.1 Å². The van der Waals surface area contributed by atoms with Crippen molar-refractivity contribution in [2.75, 3.05) is 19.6 Å². The first-order valence-electron chi connectivity index (χ1n) is 12.7. The molecule has 0 N–H and O–H groups in total. The molecule has 0 amide bonds. The molecule has 3 saturated heterocycles. The van der Waals surface area contributed by atoms with Gasteiger partial charge in [0, 0.05) is 55.2 Å². The minimum Gasteiger partial charge on any atom is -0.462 e. The number of esters is 1. The number of rotatable bonds is 2. The molecule has 32 heavy (non-hydrogen) atoms. The Morgan fingerprint density at radius 2 is 2.06 bits per heavy atom. The molecule has 2 bridgehead atoms. The lowest BCUT2D eigenvalue weighted by Crippen LogP contribution is -2.55. The van der Waals surface area contributed by atoms with E-state index in [1.165, 1.54) is 25.0 Å². The number of carbonyl (C=O) groups excluding carboxylic acids is 1. The number of ether oxygens (including phenoxy) is 2. The van der Waals surface area contributed by atoms with Crippen LogP contribution >= 0.6 is 0 Å². The summed E-state index contributed by atoms with van der Waals surface area (Å²) in [6, 6.07) is 5.67. The van der Waals surface area contributed by atoms with Crippen molar-refractivity contribution < 1.29 is 14.3 Å². The molecule has 7 rings (SSSR count). The van der Waals surface area contributed by atoms with Crippen LogP contribution in [0.5, 0.6) is 0 Å². The van der Waals surface area contributed by atoms with Gasteiger partial charge in [-0.25, -0.2) is 0 Å². The van der Waals surface area contributed by atoms with Crippen LogP contribution in [0.25, 0.3) is 0 Å². The minimum atomic E-state index is -0.0835. The standard InChI is InChI=1S/C26H34N2O4/c1-15-5-4-8-25(2)10-20-22(23-26(15,25)32-23)18(24(30)31-20)14-27-11-16-9-17(13-27)19-6-3-7-21(29)28(19)12-16/h3,6-7,15-18,20,22-23H,4-5,8-14H2,1-2H3/t15-,16+,17-,18?,20+,22+,23?,25+,26?/m0/s1. The Hall–Kier alpha value is -1.66. The molecule has 2 aliphatic carbocycles. The number of likely N-dealkylation sites (tertiary alicyclic amines) is 1. The number of epoxide rings is 1. The number of hydrogen-bond acceptors (Lipinski definition) is 5. The van der Waals surface area contributed by atoms with Crippen LogP contribution in [0.15, 0.2) is 23.0 Å². The average molecular weight is 439 g/mol. The van der Waals surface area contributed by atoms with E-state index in [4.69, 9.17) is 9.47 Å². The summed E-state index contributed by atoms with van der Waals surface area (Å²) >= 11 is 0. The molecule has 9 atom stereocenters. The lowest BCUT2D eigenvalue weighted by Gasteiger charge is -2.49. The normalized spacial score (nSPS) is 48.8. The Bertz CT molecular complexity index is 1040. The van der Waals surface area contributed by atoms with Crippen molar-refractivity contribution in [3.05, 3.63) is 34.2 Å². The molecule has 172 valence electrons. The number of carbonyl (C=O) groups is 1. The number of piperidine rings is 1. The molecule has 6 heteroatoms. The molecule has 6 nitrogen and oxygen atoms in total. The van der Waals surface area contributed by atoms with Crippen LogP contribution in [0.3, 0.4) is 0 Å². The number of nitrogens with zero attached hydrogens (tertiary/aromatic N) is 2.